The maximum Gasteiger partial charge on any atom is 0.251 e. The molecule has 0 N–H and O–H groups in total. The monoisotopic (exact) mass is 331 g/mol. The van der Waals surface area contributed by atoms with Gasteiger partial charge in [-0.2, -0.15) is 0 Å². The smallest absolute Gasteiger partial charge is 0.251 e. The Morgan fingerprint density at radius 1 is 1.08 bits per heavy atom. The summed E-state index contributed by atoms with van der Waals surface area (Å²) in [6.07, 6.45) is 6.86. The lowest BCUT2D eigenvalue weighted by atomic mass is 10.1. The predicted molar refractivity (Wildman–Crippen MR) is 89.5 cm³/mol. The van der Waals surface area contributed by atoms with Crippen LogP contribution in [0.5, 0.6) is 0 Å². The first-order valence-corrected chi connectivity index (χ1v) is 8.81. The second-order valence-electron chi connectivity index (χ2n) is 6.48. The maximum atomic E-state index is 12.4. The van der Waals surface area contributed by atoms with Gasteiger partial charge in [0.25, 0.3) is 5.89 Å². The van der Waals surface area contributed by atoms with E-state index >= 15 is 0 Å². The molecule has 0 bridgehead atoms. The van der Waals surface area contributed by atoms with E-state index in [2.05, 4.69) is 10.2 Å². The van der Waals surface area contributed by atoms with E-state index in [1.165, 1.54) is 19.3 Å². The zero-order valence-electron chi connectivity index (χ0n) is 14.5. The maximum absolute atomic E-state index is 12.4. The Balaban J connectivity index is 1.56. The molecule has 0 atom stereocenters. The van der Waals surface area contributed by atoms with Crippen LogP contribution in [0.1, 0.15) is 55.9 Å². The van der Waals surface area contributed by atoms with Crippen LogP contribution in [0.2, 0.25) is 0 Å². The fourth-order valence-corrected chi connectivity index (χ4v) is 3.18. The lowest BCUT2D eigenvalue weighted by Crippen LogP contribution is -2.33. The van der Waals surface area contributed by atoms with Gasteiger partial charge in [-0.3, -0.25) is 4.79 Å². The van der Waals surface area contributed by atoms with Crippen LogP contribution in [0.4, 0.5) is 0 Å². The summed E-state index contributed by atoms with van der Waals surface area (Å²) in [6.45, 7) is 5.51. The molecule has 1 saturated heterocycles. The second-order valence-corrected chi connectivity index (χ2v) is 6.48. The quantitative estimate of drug-likeness (QED) is 0.854. The van der Waals surface area contributed by atoms with Gasteiger partial charge in [0.15, 0.2) is 0 Å². The van der Waals surface area contributed by atoms with Crippen molar-refractivity contribution in [1.82, 2.24) is 15.1 Å². The highest BCUT2D eigenvalue weighted by atomic mass is 16.4. The largest absolute Gasteiger partial charge is 0.466 e. The average molecular weight is 331 g/mol. The van der Waals surface area contributed by atoms with E-state index in [1.807, 2.05) is 24.8 Å². The molecule has 24 heavy (non-hydrogen) atoms. The molecule has 0 aliphatic carbocycles. The molecule has 130 valence electrons. The van der Waals surface area contributed by atoms with E-state index in [0.29, 0.717) is 24.6 Å². The van der Waals surface area contributed by atoms with Crippen LogP contribution in [0.25, 0.3) is 11.5 Å². The predicted octanol–water partition coefficient (Wildman–Crippen LogP) is 3.67. The minimum absolute atomic E-state index is 0.187. The third-order valence-corrected chi connectivity index (χ3v) is 4.50. The number of rotatable bonds is 4. The van der Waals surface area contributed by atoms with Crippen molar-refractivity contribution in [3.63, 3.8) is 0 Å². The molecule has 6 heteroatoms. The van der Waals surface area contributed by atoms with Crippen molar-refractivity contribution in [1.29, 1.82) is 0 Å². The van der Waals surface area contributed by atoms with E-state index in [1.54, 1.807) is 0 Å². The Morgan fingerprint density at radius 3 is 2.46 bits per heavy atom. The van der Waals surface area contributed by atoms with Crippen LogP contribution in [-0.2, 0) is 11.2 Å². The Bertz CT molecular complexity index is 681. The number of furan rings is 1. The number of carbonyl (C=O) groups is 1. The van der Waals surface area contributed by atoms with Gasteiger partial charge in [-0.25, -0.2) is 0 Å². The van der Waals surface area contributed by atoms with E-state index in [-0.39, 0.29) is 5.91 Å². The summed E-state index contributed by atoms with van der Waals surface area (Å²) in [5, 5.41) is 8.14. The van der Waals surface area contributed by atoms with Crippen LogP contribution in [-0.4, -0.2) is 34.1 Å². The number of likely N-dealkylation sites (tertiary alicyclic amines) is 1. The van der Waals surface area contributed by atoms with Crippen molar-refractivity contribution in [2.75, 3.05) is 13.1 Å². The van der Waals surface area contributed by atoms with Gasteiger partial charge in [0.2, 0.25) is 11.8 Å². The van der Waals surface area contributed by atoms with Gasteiger partial charge in [-0.15, -0.1) is 10.2 Å². The Labute approximate surface area is 142 Å². The van der Waals surface area contributed by atoms with E-state index in [4.69, 9.17) is 8.83 Å². The third-order valence-electron chi connectivity index (χ3n) is 4.50. The fraction of sp³-hybridized carbons (Fsp3) is 0.611. The lowest BCUT2D eigenvalue weighted by Gasteiger charge is -2.24. The lowest BCUT2D eigenvalue weighted by molar-refractivity contribution is -0.131. The van der Waals surface area contributed by atoms with Gasteiger partial charge in [-0.05, 0) is 32.8 Å². The van der Waals surface area contributed by atoms with Crippen molar-refractivity contribution >= 4 is 5.91 Å². The molecule has 0 aromatic carbocycles. The van der Waals surface area contributed by atoms with Crippen LogP contribution in [0, 0.1) is 13.8 Å². The van der Waals surface area contributed by atoms with Crippen molar-refractivity contribution in [2.45, 2.75) is 58.8 Å². The normalized spacial score (nSPS) is 16.0. The summed E-state index contributed by atoms with van der Waals surface area (Å²) < 4.78 is 11.2. The van der Waals surface area contributed by atoms with Crippen LogP contribution in [0.15, 0.2) is 14.9 Å². The Hall–Kier alpha value is -2.11. The van der Waals surface area contributed by atoms with E-state index < -0.39 is 0 Å². The average Bonchev–Trinajstić information content (AvgIpc) is 3.10. The first-order chi connectivity index (χ1) is 11.6. The fourth-order valence-electron chi connectivity index (χ4n) is 3.18. The summed E-state index contributed by atoms with van der Waals surface area (Å²) in [5.74, 6) is 2.72. The summed E-state index contributed by atoms with van der Waals surface area (Å²) in [6, 6.07) is 1.89. The molecule has 1 amide bonds. The standard InChI is InChI=1S/C18H25N3O3/c1-13-12-15(14(2)23-13)18-20-19-16(24-18)8-9-17(22)21-10-6-4-3-5-7-11-21/h12H,3-11H2,1-2H3. The van der Waals surface area contributed by atoms with E-state index in [0.717, 1.165) is 43.0 Å². The molecular weight excluding hydrogens is 306 g/mol. The summed E-state index contributed by atoms with van der Waals surface area (Å²) >= 11 is 0. The van der Waals surface area contributed by atoms with Crippen molar-refractivity contribution in [2.24, 2.45) is 0 Å². The zero-order chi connectivity index (χ0) is 16.9. The van der Waals surface area contributed by atoms with Crippen molar-refractivity contribution < 1.29 is 13.6 Å². The molecule has 2 aromatic heterocycles. The molecule has 0 spiro atoms. The second kappa shape index (κ2) is 7.64. The first kappa shape index (κ1) is 16.7. The molecule has 1 aliphatic rings. The van der Waals surface area contributed by atoms with Crippen LogP contribution < -0.4 is 0 Å². The summed E-state index contributed by atoms with van der Waals surface area (Å²) in [5.41, 5.74) is 0.821. The molecule has 3 rings (SSSR count). The van der Waals surface area contributed by atoms with Gasteiger partial charge in [0.05, 0.1) is 5.56 Å². The van der Waals surface area contributed by atoms with E-state index in [9.17, 15) is 4.79 Å². The number of nitrogens with zero attached hydrogens (tertiary/aromatic N) is 3. The molecule has 1 fully saturated rings. The number of carbonyl (C=O) groups excluding carboxylic acids is 1. The highest BCUT2D eigenvalue weighted by Crippen LogP contribution is 2.25. The minimum atomic E-state index is 0.187. The number of hydrogen-bond acceptors (Lipinski definition) is 5. The van der Waals surface area contributed by atoms with Crippen molar-refractivity contribution in [3.05, 3.63) is 23.5 Å². The van der Waals surface area contributed by atoms with Crippen LogP contribution in [0.3, 0.4) is 0 Å². The van der Waals surface area contributed by atoms with Gasteiger partial charge in [0, 0.05) is 25.9 Å². The number of aromatic nitrogens is 2. The zero-order valence-corrected chi connectivity index (χ0v) is 14.5. The minimum Gasteiger partial charge on any atom is -0.466 e. The number of hydrogen-bond donors (Lipinski definition) is 0. The van der Waals surface area contributed by atoms with Crippen LogP contribution >= 0.6 is 0 Å². The summed E-state index contributed by atoms with van der Waals surface area (Å²) in [4.78, 5) is 14.4. The van der Waals surface area contributed by atoms with Gasteiger partial charge in [0.1, 0.15) is 11.5 Å². The van der Waals surface area contributed by atoms with Crippen molar-refractivity contribution in [3.8, 4) is 11.5 Å². The highest BCUT2D eigenvalue weighted by molar-refractivity contribution is 5.76. The Morgan fingerprint density at radius 2 is 1.79 bits per heavy atom. The molecule has 3 heterocycles. The highest BCUT2D eigenvalue weighted by Gasteiger charge is 2.18. The topological polar surface area (TPSA) is 72.4 Å². The van der Waals surface area contributed by atoms with Gasteiger partial charge < -0.3 is 13.7 Å². The number of amides is 1. The SMILES string of the molecule is Cc1cc(-c2nnc(CCC(=O)N3CCCCCCC3)o2)c(C)o1. The Kier molecular flexibility index (Phi) is 5.33. The molecular formula is C18H25N3O3. The first-order valence-electron chi connectivity index (χ1n) is 8.81. The molecule has 1 aliphatic heterocycles. The molecule has 0 radical (unpaired) electrons. The molecule has 6 nitrogen and oxygen atoms in total. The van der Waals surface area contributed by atoms with Gasteiger partial charge >= 0.3 is 0 Å². The molecule has 2 aromatic rings. The number of aryl methyl sites for hydroxylation is 3. The summed E-state index contributed by atoms with van der Waals surface area (Å²) in [7, 11) is 0. The third kappa shape index (κ3) is 4.04. The van der Waals surface area contributed by atoms with Gasteiger partial charge in [-0.1, -0.05) is 19.3 Å². The molecule has 0 saturated carbocycles. The molecule has 0 unspecified atom stereocenters.